The number of ether oxygens (including phenoxy) is 1. The molecule has 1 fully saturated rings. The van der Waals surface area contributed by atoms with Crippen molar-refractivity contribution in [2.45, 2.75) is 18.9 Å². The Morgan fingerprint density at radius 2 is 1.60 bits per heavy atom. The van der Waals surface area contributed by atoms with Crippen LogP contribution in [0, 0.1) is 0 Å². The van der Waals surface area contributed by atoms with Crippen molar-refractivity contribution in [2.24, 2.45) is 0 Å². The van der Waals surface area contributed by atoms with E-state index < -0.39 is 0 Å². The van der Waals surface area contributed by atoms with E-state index in [1.54, 1.807) is 24.3 Å². The number of hydrogen-bond donors (Lipinski definition) is 2. The maximum Gasteiger partial charge on any atom is 0.255 e. The lowest BCUT2D eigenvalue weighted by Crippen LogP contribution is -2.25. The number of carbonyl (C=O) groups excluding carboxylic acids is 2. The lowest BCUT2D eigenvalue weighted by molar-refractivity contribution is 0.0950. The van der Waals surface area contributed by atoms with E-state index in [-0.39, 0.29) is 21.9 Å². The number of hydrogen-bond acceptors (Lipinski definition) is 3. The zero-order chi connectivity index (χ0) is 18.0. The molecule has 0 atom stereocenters. The van der Waals surface area contributed by atoms with Crippen molar-refractivity contribution >= 4 is 40.7 Å². The highest BCUT2D eigenvalue weighted by molar-refractivity contribution is 6.37. The van der Waals surface area contributed by atoms with Gasteiger partial charge in [0.2, 0.25) is 0 Å². The van der Waals surface area contributed by atoms with Crippen molar-refractivity contribution in [3.05, 3.63) is 57.6 Å². The number of nitrogens with one attached hydrogen (secondary N) is 2. The second-order valence-corrected chi connectivity index (χ2v) is 6.57. The quantitative estimate of drug-likeness (QED) is 0.820. The van der Waals surface area contributed by atoms with Gasteiger partial charge in [0.1, 0.15) is 0 Å². The predicted octanol–water partition coefficient (Wildman–Crippen LogP) is 4.15. The Bertz CT molecular complexity index is 795. The summed E-state index contributed by atoms with van der Waals surface area (Å²) < 4.78 is 5.06. The number of halogens is 2. The van der Waals surface area contributed by atoms with Crippen LogP contribution >= 0.6 is 23.2 Å². The third-order valence-electron chi connectivity index (χ3n) is 3.78. The van der Waals surface area contributed by atoms with E-state index in [1.165, 1.54) is 19.2 Å². The summed E-state index contributed by atoms with van der Waals surface area (Å²) in [5, 5.41) is 6.17. The van der Waals surface area contributed by atoms with Crippen molar-refractivity contribution in [3.8, 4) is 5.75 Å². The SMILES string of the molecule is COc1c(Cl)cc(C(=O)Nc2ccc(C(=O)NC3CC3)cc2)cc1Cl. The van der Waals surface area contributed by atoms with Gasteiger partial charge < -0.3 is 15.4 Å². The van der Waals surface area contributed by atoms with E-state index in [4.69, 9.17) is 27.9 Å². The molecule has 0 aliphatic heterocycles. The lowest BCUT2D eigenvalue weighted by Gasteiger charge is -2.10. The molecule has 2 N–H and O–H groups in total. The average molecular weight is 379 g/mol. The summed E-state index contributed by atoms with van der Waals surface area (Å²) in [6, 6.07) is 9.95. The van der Waals surface area contributed by atoms with Gasteiger partial charge in [-0.05, 0) is 49.2 Å². The number of rotatable bonds is 5. The van der Waals surface area contributed by atoms with Crippen LogP contribution in [0.25, 0.3) is 0 Å². The summed E-state index contributed by atoms with van der Waals surface area (Å²) in [6.45, 7) is 0. The van der Waals surface area contributed by atoms with E-state index in [2.05, 4.69) is 10.6 Å². The monoisotopic (exact) mass is 378 g/mol. The zero-order valence-corrected chi connectivity index (χ0v) is 14.9. The summed E-state index contributed by atoms with van der Waals surface area (Å²) in [7, 11) is 1.45. The first-order chi connectivity index (χ1) is 12.0. The van der Waals surface area contributed by atoms with E-state index >= 15 is 0 Å². The molecule has 0 spiro atoms. The molecule has 25 heavy (non-hydrogen) atoms. The molecule has 2 aromatic rings. The molecule has 0 saturated heterocycles. The van der Waals surface area contributed by atoms with Gasteiger partial charge >= 0.3 is 0 Å². The van der Waals surface area contributed by atoms with Gasteiger partial charge in [-0.25, -0.2) is 0 Å². The van der Waals surface area contributed by atoms with Gasteiger partial charge in [0.25, 0.3) is 11.8 Å². The molecular formula is C18H16Cl2N2O3. The van der Waals surface area contributed by atoms with Crippen LogP contribution in [0.2, 0.25) is 10.0 Å². The zero-order valence-electron chi connectivity index (χ0n) is 13.4. The van der Waals surface area contributed by atoms with Gasteiger partial charge in [-0.2, -0.15) is 0 Å². The largest absolute Gasteiger partial charge is 0.494 e. The summed E-state index contributed by atoms with van der Waals surface area (Å²) >= 11 is 12.1. The van der Waals surface area contributed by atoms with Crippen molar-refractivity contribution in [2.75, 3.05) is 12.4 Å². The molecule has 1 aliphatic carbocycles. The number of amides is 2. The minimum Gasteiger partial charge on any atom is -0.494 e. The highest BCUT2D eigenvalue weighted by Gasteiger charge is 2.23. The normalized spacial score (nSPS) is 13.2. The molecule has 5 nitrogen and oxygen atoms in total. The van der Waals surface area contributed by atoms with Gasteiger partial charge in [-0.3, -0.25) is 9.59 Å². The summed E-state index contributed by atoms with van der Waals surface area (Å²) in [6.07, 6.45) is 2.07. The fourth-order valence-electron chi connectivity index (χ4n) is 2.29. The molecule has 1 saturated carbocycles. The van der Waals surface area contributed by atoms with Crippen LogP contribution in [-0.4, -0.2) is 25.0 Å². The van der Waals surface area contributed by atoms with Gasteiger partial charge in [0.15, 0.2) is 5.75 Å². The van der Waals surface area contributed by atoms with E-state index in [0.717, 1.165) is 12.8 Å². The van der Waals surface area contributed by atoms with Crippen molar-refractivity contribution in [1.29, 1.82) is 0 Å². The maximum absolute atomic E-state index is 12.3. The van der Waals surface area contributed by atoms with E-state index in [1.807, 2.05) is 0 Å². The molecular weight excluding hydrogens is 363 g/mol. The summed E-state index contributed by atoms with van der Waals surface area (Å²) in [5.74, 6) is -0.137. The minimum atomic E-state index is -0.360. The first kappa shape index (κ1) is 17.6. The van der Waals surface area contributed by atoms with Crippen LogP contribution in [0.5, 0.6) is 5.75 Å². The van der Waals surface area contributed by atoms with Crippen LogP contribution in [0.3, 0.4) is 0 Å². The molecule has 2 aromatic carbocycles. The van der Waals surface area contributed by atoms with Crippen LogP contribution in [0.15, 0.2) is 36.4 Å². The Kier molecular flexibility index (Phi) is 5.16. The average Bonchev–Trinajstić information content (AvgIpc) is 3.39. The molecule has 2 amide bonds. The molecule has 0 aromatic heterocycles. The Morgan fingerprint density at radius 3 is 2.12 bits per heavy atom. The topological polar surface area (TPSA) is 67.4 Å². The lowest BCUT2D eigenvalue weighted by atomic mass is 10.1. The van der Waals surface area contributed by atoms with Crippen LogP contribution in [0.4, 0.5) is 5.69 Å². The smallest absolute Gasteiger partial charge is 0.255 e. The fraction of sp³-hybridized carbons (Fsp3) is 0.222. The number of benzene rings is 2. The van der Waals surface area contributed by atoms with E-state index in [9.17, 15) is 9.59 Å². The van der Waals surface area contributed by atoms with Crippen LogP contribution in [0.1, 0.15) is 33.6 Å². The Morgan fingerprint density at radius 1 is 1.00 bits per heavy atom. The predicted molar refractivity (Wildman–Crippen MR) is 97.9 cm³/mol. The minimum absolute atomic E-state index is 0.103. The molecule has 0 unspecified atom stereocenters. The Balaban J connectivity index is 1.69. The van der Waals surface area contributed by atoms with Crippen molar-refractivity contribution < 1.29 is 14.3 Å². The van der Waals surface area contributed by atoms with Gasteiger partial charge in [-0.1, -0.05) is 23.2 Å². The highest BCUT2D eigenvalue weighted by Crippen LogP contribution is 2.34. The number of carbonyl (C=O) groups is 2. The van der Waals surface area contributed by atoms with Crippen LogP contribution < -0.4 is 15.4 Å². The highest BCUT2D eigenvalue weighted by atomic mass is 35.5. The first-order valence-corrected chi connectivity index (χ1v) is 8.49. The third kappa shape index (κ3) is 4.24. The van der Waals surface area contributed by atoms with Gasteiger partial charge in [-0.15, -0.1) is 0 Å². The van der Waals surface area contributed by atoms with E-state index in [0.29, 0.717) is 28.6 Å². The molecule has 7 heteroatoms. The molecule has 1 aliphatic rings. The summed E-state index contributed by atoms with van der Waals surface area (Å²) in [4.78, 5) is 24.3. The van der Waals surface area contributed by atoms with Crippen molar-refractivity contribution in [1.82, 2.24) is 5.32 Å². The summed E-state index contributed by atoms with van der Waals surface area (Å²) in [5.41, 5.74) is 1.43. The third-order valence-corrected chi connectivity index (χ3v) is 4.34. The Hall–Kier alpha value is -2.24. The second kappa shape index (κ2) is 7.33. The van der Waals surface area contributed by atoms with Crippen LogP contribution in [-0.2, 0) is 0 Å². The maximum atomic E-state index is 12.3. The molecule has 0 bridgehead atoms. The first-order valence-electron chi connectivity index (χ1n) is 7.73. The second-order valence-electron chi connectivity index (χ2n) is 5.75. The fourth-order valence-corrected chi connectivity index (χ4v) is 2.93. The number of methoxy groups -OCH3 is 1. The van der Waals surface area contributed by atoms with Gasteiger partial charge in [0.05, 0.1) is 17.2 Å². The molecule has 0 radical (unpaired) electrons. The molecule has 0 heterocycles. The Labute approximate surface area is 155 Å². The number of anilines is 1. The van der Waals surface area contributed by atoms with Crippen molar-refractivity contribution in [3.63, 3.8) is 0 Å². The standard InChI is InChI=1S/C18H16Cl2N2O3/c1-25-16-14(19)8-11(9-15(16)20)18(24)22-12-4-2-10(3-5-12)17(23)21-13-6-7-13/h2-5,8-9,13H,6-7H2,1H3,(H,21,23)(H,22,24). The van der Waals surface area contributed by atoms with Gasteiger partial charge in [0, 0.05) is 22.9 Å². The molecule has 3 rings (SSSR count). The molecule has 130 valence electrons.